The second-order valence-electron chi connectivity index (χ2n) is 5.94. The maximum atomic E-state index is 14.1. The summed E-state index contributed by atoms with van der Waals surface area (Å²) in [6.07, 6.45) is 2.00. The molecular formula is C20H15F2NO5. The fraction of sp³-hybridized carbons (Fsp3) is 0.100. The number of hydrogen-bond acceptors (Lipinski definition) is 4. The van der Waals surface area contributed by atoms with E-state index in [-0.39, 0.29) is 17.7 Å². The van der Waals surface area contributed by atoms with E-state index in [0.29, 0.717) is 22.7 Å². The third-order valence-corrected chi connectivity index (χ3v) is 4.21. The van der Waals surface area contributed by atoms with E-state index in [1.54, 1.807) is 22.8 Å². The van der Waals surface area contributed by atoms with Crippen LogP contribution in [0.4, 0.5) is 8.78 Å². The van der Waals surface area contributed by atoms with Crippen LogP contribution in [0.5, 0.6) is 5.75 Å². The molecule has 0 bridgehead atoms. The van der Waals surface area contributed by atoms with E-state index in [0.717, 1.165) is 6.07 Å². The topological polar surface area (TPSA) is 88.8 Å². The standard InChI is InChI=1S/C20H15F2NO5/c1-28-17-7-3-6-14-18(17)12(15(24)8-16(25)20(26)27)10-23(14)9-11-4-2-5-13(21)19(11)22/h2-8,10,24H,9H2,1H3,(H,26,27)/b15-8-. The summed E-state index contributed by atoms with van der Waals surface area (Å²) >= 11 is 0. The van der Waals surface area contributed by atoms with Gasteiger partial charge in [-0.15, -0.1) is 0 Å². The van der Waals surface area contributed by atoms with Crippen LogP contribution in [0.2, 0.25) is 0 Å². The first-order valence-corrected chi connectivity index (χ1v) is 8.10. The molecule has 3 aromatic rings. The van der Waals surface area contributed by atoms with Gasteiger partial charge in [-0.3, -0.25) is 4.79 Å². The second kappa shape index (κ2) is 7.51. The number of carboxylic acids is 1. The summed E-state index contributed by atoms with van der Waals surface area (Å²) in [6, 6.07) is 8.77. The van der Waals surface area contributed by atoms with Crippen molar-refractivity contribution in [3.05, 3.63) is 71.4 Å². The minimum Gasteiger partial charge on any atom is -0.507 e. The van der Waals surface area contributed by atoms with E-state index in [4.69, 9.17) is 9.84 Å². The summed E-state index contributed by atoms with van der Waals surface area (Å²) in [7, 11) is 1.41. The van der Waals surface area contributed by atoms with Gasteiger partial charge in [0, 0.05) is 23.4 Å². The van der Waals surface area contributed by atoms with Crippen molar-refractivity contribution in [1.29, 1.82) is 0 Å². The van der Waals surface area contributed by atoms with Crippen molar-refractivity contribution in [2.75, 3.05) is 7.11 Å². The van der Waals surface area contributed by atoms with Crippen LogP contribution in [-0.4, -0.2) is 33.6 Å². The first-order chi connectivity index (χ1) is 13.3. The molecule has 0 spiro atoms. The molecule has 0 saturated heterocycles. The van der Waals surface area contributed by atoms with Crippen LogP contribution in [0.15, 0.2) is 48.7 Å². The summed E-state index contributed by atoms with van der Waals surface area (Å²) < 4.78 is 34.4. The van der Waals surface area contributed by atoms with Crippen molar-refractivity contribution in [3.63, 3.8) is 0 Å². The number of aromatic nitrogens is 1. The number of carboxylic acid groups (broad SMARTS) is 1. The maximum Gasteiger partial charge on any atom is 0.376 e. The molecule has 0 radical (unpaired) electrons. The molecular weight excluding hydrogens is 372 g/mol. The number of fused-ring (bicyclic) bond motifs is 1. The van der Waals surface area contributed by atoms with E-state index in [2.05, 4.69) is 0 Å². The number of rotatable bonds is 6. The third kappa shape index (κ3) is 3.44. The van der Waals surface area contributed by atoms with Gasteiger partial charge in [-0.25, -0.2) is 13.6 Å². The van der Waals surface area contributed by atoms with Gasteiger partial charge >= 0.3 is 5.97 Å². The predicted molar refractivity (Wildman–Crippen MR) is 97.2 cm³/mol. The molecule has 2 N–H and O–H groups in total. The number of methoxy groups -OCH3 is 1. The van der Waals surface area contributed by atoms with E-state index in [1.165, 1.54) is 25.4 Å². The Bertz CT molecular complexity index is 1120. The Kier molecular flexibility index (Phi) is 5.12. The molecule has 0 saturated carbocycles. The molecule has 0 aliphatic carbocycles. The number of benzene rings is 2. The minimum absolute atomic E-state index is 0.0621. The molecule has 0 aliphatic rings. The lowest BCUT2D eigenvalue weighted by Crippen LogP contribution is -2.09. The zero-order chi connectivity index (χ0) is 20.4. The van der Waals surface area contributed by atoms with Crippen molar-refractivity contribution < 1.29 is 33.3 Å². The van der Waals surface area contributed by atoms with Crippen molar-refractivity contribution >= 4 is 28.4 Å². The summed E-state index contributed by atoms with van der Waals surface area (Å²) in [5, 5.41) is 19.4. The Balaban J connectivity index is 2.19. The van der Waals surface area contributed by atoms with Gasteiger partial charge in [-0.2, -0.15) is 0 Å². The third-order valence-electron chi connectivity index (χ3n) is 4.21. The number of aliphatic hydroxyl groups excluding tert-OH is 1. The van der Waals surface area contributed by atoms with Crippen LogP contribution in [0.1, 0.15) is 11.1 Å². The smallest absolute Gasteiger partial charge is 0.376 e. The van der Waals surface area contributed by atoms with Crippen LogP contribution in [0, 0.1) is 11.6 Å². The number of aliphatic hydroxyl groups is 1. The Morgan fingerprint density at radius 3 is 2.54 bits per heavy atom. The fourth-order valence-corrected chi connectivity index (χ4v) is 2.93. The van der Waals surface area contributed by atoms with Gasteiger partial charge in [0.05, 0.1) is 24.6 Å². The van der Waals surface area contributed by atoms with Gasteiger partial charge in [0.2, 0.25) is 0 Å². The number of carbonyl (C=O) groups excluding carboxylic acids is 1. The highest BCUT2D eigenvalue weighted by molar-refractivity contribution is 6.38. The fourth-order valence-electron chi connectivity index (χ4n) is 2.93. The Labute approximate surface area is 157 Å². The van der Waals surface area contributed by atoms with Gasteiger partial charge in [-0.05, 0) is 18.2 Å². The molecule has 1 heterocycles. The van der Waals surface area contributed by atoms with Crippen molar-refractivity contribution in [2.45, 2.75) is 6.54 Å². The first-order valence-electron chi connectivity index (χ1n) is 8.10. The predicted octanol–water partition coefficient (Wildman–Crippen LogP) is 3.53. The minimum atomic E-state index is -1.72. The Hall–Kier alpha value is -3.68. The molecule has 0 atom stereocenters. The van der Waals surface area contributed by atoms with Gasteiger partial charge in [-0.1, -0.05) is 18.2 Å². The Morgan fingerprint density at radius 2 is 1.86 bits per heavy atom. The SMILES string of the molecule is COc1cccc2c1c(/C(O)=C/C(=O)C(=O)O)cn2Cc1cccc(F)c1F. The number of ether oxygens (including phenoxy) is 1. The lowest BCUT2D eigenvalue weighted by atomic mass is 10.1. The number of ketones is 1. The van der Waals surface area contributed by atoms with E-state index in [9.17, 15) is 23.5 Å². The van der Waals surface area contributed by atoms with Crippen LogP contribution < -0.4 is 4.74 Å². The number of nitrogens with zero attached hydrogens (tertiary/aromatic N) is 1. The van der Waals surface area contributed by atoms with Crippen molar-refractivity contribution in [1.82, 2.24) is 4.57 Å². The number of halogens is 2. The zero-order valence-corrected chi connectivity index (χ0v) is 14.6. The highest BCUT2D eigenvalue weighted by Crippen LogP contribution is 2.34. The molecule has 28 heavy (non-hydrogen) atoms. The largest absolute Gasteiger partial charge is 0.507 e. The molecule has 6 nitrogen and oxygen atoms in total. The molecule has 3 rings (SSSR count). The van der Waals surface area contributed by atoms with Crippen LogP contribution in [0.25, 0.3) is 16.7 Å². The molecule has 1 aromatic heterocycles. The van der Waals surface area contributed by atoms with Gasteiger partial charge in [0.25, 0.3) is 5.78 Å². The second-order valence-corrected chi connectivity index (χ2v) is 5.94. The number of aliphatic carboxylic acids is 1. The quantitative estimate of drug-likeness (QED) is 0.384. The van der Waals surface area contributed by atoms with E-state index >= 15 is 0 Å². The zero-order valence-electron chi connectivity index (χ0n) is 14.6. The molecule has 8 heteroatoms. The van der Waals surface area contributed by atoms with E-state index in [1.807, 2.05) is 0 Å². The van der Waals surface area contributed by atoms with Crippen molar-refractivity contribution in [2.24, 2.45) is 0 Å². The summed E-state index contributed by atoms with van der Waals surface area (Å²) in [5.74, 6) is -5.22. The molecule has 144 valence electrons. The molecule has 0 aliphatic heterocycles. The summed E-state index contributed by atoms with van der Waals surface area (Å²) in [5.41, 5.74) is 0.718. The van der Waals surface area contributed by atoms with Gasteiger partial charge < -0.3 is 19.5 Å². The maximum absolute atomic E-state index is 14.1. The Morgan fingerprint density at radius 1 is 1.14 bits per heavy atom. The number of hydrogen-bond donors (Lipinski definition) is 2. The van der Waals surface area contributed by atoms with Crippen LogP contribution in [0.3, 0.4) is 0 Å². The highest BCUT2D eigenvalue weighted by atomic mass is 19.2. The summed E-state index contributed by atoms with van der Waals surface area (Å²) in [6.45, 7) is -0.0621. The average molecular weight is 387 g/mol. The number of carbonyl (C=O) groups is 2. The molecule has 0 amide bonds. The van der Waals surface area contributed by atoms with Crippen molar-refractivity contribution in [3.8, 4) is 5.75 Å². The molecule has 0 unspecified atom stereocenters. The first kappa shape index (κ1) is 19.1. The van der Waals surface area contributed by atoms with Gasteiger partial charge in [0.1, 0.15) is 11.5 Å². The lowest BCUT2D eigenvalue weighted by Gasteiger charge is -2.08. The molecule has 2 aromatic carbocycles. The lowest BCUT2D eigenvalue weighted by molar-refractivity contribution is -0.146. The van der Waals surface area contributed by atoms with Crippen LogP contribution in [-0.2, 0) is 16.1 Å². The van der Waals surface area contributed by atoms with Gasteiger partial charge in [0.15, 0.2) is 11.6 Å². The normalized spacial score (nSPS) is 11.6. The highest BCUT2D eigenvalue weighted by Gasteiger charge is 2.19. The molecule has 0 fully saturated rings. The summed E-state index contributed by atoms with van der Waals surface area (Å²) in [4.78, 5) is 22.2. The average Bonchev–Trinajstić information content (AvgIpc) is 3.04. The monoisotopic (exact) mass is 387 g/mol. The van der Waals surface area contributed by atoms with Crippen LogP contribution >= 0.6 is 0 Å². The van der Waals surface area contributed by atoms with E-state index < -0.39 is 29.1 Å².